The number of hydrogen-bond acceptors (Lipinski definition) is 8. The Balaban J connectivity index is 2.01. The van der Waals surface area contributed by atoms with Gasteiger partial charge in [-0.25, -0.2) is 4.98 Å². The van der Waals surface area contributed by atoms with Crippen LogP contribution in [0.3, 0.4) is 0 Å². The van der Waals surface area contributed by atoms with Crippen molar-refractivity contribution in [2.75, 3.05) is 11.9 Å². The highest BCUT2D eigenvalue weighted by atomic mass is 32.1. The fourth-order valence-corrected chi connectivity index (χ4v) is 4.50. The zero-order valence-electron chi connectivity index (χ0n) is 16.8. The van der Waals surface area contributed by atoms with Crippen LogP contribution in [0.1, 0.15) is 37.8 Å². The summed E-state index contributed by atoms with van der Waals surface area (Å²) in [6, 6.07) is 9.46. The molecule has 0 saturated carbocycles. The number of allylic oxidation sites excluding steroid dienone is 1. The number of pyridine rings is 1. The summed E-state index contributed by atoms with van der Waals surface area (Å²) < 4.78 is 12.4. The van der Waals surface area contributed by atoms with Gasteiger partial charge in [-0.3, -0.25) is 4.79 Å². The molecule has 3 heterocycles. The molecule has 4 N–H and O–H groups in total. The Morgan fingerprint density at radius 1 is 1.43 bits per heavy atom. The van der Waals surface area contributed by atoms with E-state index >= 15 is 0 Å². The number of benzene rings is 1. The van der Waals surface area contributed by atoms with Crippen LogP contribution in [0.2, 0.25) is 0 Å². The fourth-order valence-electron chi connectivity index (χ4n) is 3.51. The maximum Gasteiger partial charge on any atom is 0.257 e. The number of aromatic nitrogens is 2. The van der Waals surface area contributed by atoms with E-state index in [0.29, 0.717) is 44.6 Å². The third-order valence-electron chi connectivity index (χ3n) is 4.65. The zero-order chi connectivity index (χ0) is 21.4. The van der Waals surface area contributed by atoms with Crippen molar-refractivity contribution in [3.63, 3.8) is 0 Å². The third-order valence-corrected chi connectivity index (χ3v) is 5.66. The average Bonchev–Trinajstić information content (AvgIpc) is 3.10. The van der Waals surface area contributed by atoms with Crippen LogP contribution in [0.25, 0.3) is 10.3 Å². The number of nitriles is 1. The number of hydrogen-bond donors (Lipinski definition) is 3. The summed E-state index contributed by atoms with van der Waals surface area (Å²) in [6.45, 7) is 6.48. The Kier molecular flexibility index (Phi) is 5.10. The second kappa shape index (κ2) is 7.72. The minimum absolute atomic E-state index is 0.0281. The van der Waals surface area contributed by atoms with Gasteiger partial charge in [-0.2, -0.15) is 5.26 Å². The highest BCUT2D eigenvalue weighted by molar-refractivity contribution is 7.22. The molecule has 2 aromatic heterocycles. The number of rotatable bonds is 5. The van der Waals surface area contributed by atoms with Crippen molar-refractivity contribution in [2.24, 2.45) is 5.73 Å². The van der Waals surface area contributed by atoms with E-state index in [0.717, 1.165) is 0 Å². The molecule has 0 amide bonds. The summed E-state index contributed by atoms with van der Waals surface area (Å²) in [4.78, 5) is 20.4. The molecule has 0 radical (unpaired) electrons. The highest BCUT2D eigenvalue weighted by Crippen LogP contribution is 2.47. The Labute approximate surface area is 177 Å². The van der Waals surface area contributed by atoms with E-state index in [1.54, 1.807) is 0 Å². The zero-order valence-corrected chi connectivity index (χ0v) is 17.6. The summed E-state index contributed by atoms with van der Waals surface area (Å²) in [7, 11) is 0. The van der Waals surface area contributed by atoms with E-state index < -0.39 is 5.92 Å². The van der Waals surface area contributed by atoms with Gasteiger partial charge in [-0.05, 0) is 26.8 Å². The number of anilines is 1. The van der Waals surface area contributed by atoms with E-state index in [-0.39, 0.29) is 23.1 Å². The molecule has 1 atom stereocenters. The lowest BCUT2D eigenvalue weighted by Gasteiger charge is -2.27. The first kappa shape index (κ1) is 19.8. The van der Waals surface area contributed by atoms with Crippen LogP contribution in [0, 0.1) is 11.3 Å². The Hall–Kier alpha value is -3.51. The van der Waals surface area contributed by atoms with Crippen molar-refractivity contribution < 1.29 is 9.47 Å². The van der Waals surface area contributed by atoms with Crippen LogP contribution >= 0.6 is 11.3 Å². The summed E-state index contributed by atoms with van der Waals surface area (Å²) in [6.07, 6.45) is -0.0812. The van der Waals surface area contributed by atoms with Crippen LogP contribution in [0.4, 0.5) is 5.13 Å². The molecule has 154 valence electrons. The molecule has 0 saturated heterocycles. The first-order chi connectivity index (χ1) is 14.4. The number of H-pyrrole nitrogens is 1. The normalized spacial score (nSPS) is 15.6. The molecular formula is C21H21N5O3S. The Morgan fingerprint density at radius 3 is 2.90 bits per heavy atom. The topological polar surface area (TPSA) is 126 Å². The van der Waals surface area contributed by atoms with Gasteiger partial charge in [0.1, 0.15) is 22.1 Å². The van der Waals surface area contributed by atoms with Crippen LogP contribution in [-0.4, -0.2) is 22.6 Å². The van der Waals surface area contributed by atoms with Crippen molar-refractivity contribution in [2.45, 2.75) is 32.8 Å². The molecule has 30 heavy (non-hydrogen) atoms. The van der Waals surface area contributed by atoms with E-state index in [1.165, 1.54) is 11.3 Å². The van der Waals surface area contributed by atoms with Crippen molar-refractivity contribution in [3.05, 3.63) is 57.2 Å². The quantitative estimate of drug-likeness (QED) is 0.574. The highest BCUT2D eigenvalue weighted by Gasteiger charge is 2.37. The smallest absolute Gasteiger partial charge is 0.257 e. The van der Waals surface area contributed by atoms with Crippen LogP contribution in [0.15, 0.2) is 40.5 Å². The molecule has 1 aromatic carbocycles. The number of para-hydroxylation sites is 1. The predicted molar refractivity (Wildman–Crippen MR) is 116 cm³/mol. The maximum atomic E-state index is 13.1. The fraction of sp³-hybridized carbons (Fsp3) is 0.286. The van der Waals surface area contributed by atoms with Gasteiger partial charge in [0.15, 0.2) is 16.5 Å². The summed E-state index contributed by atoms with van der Waals surface area (Å²) in [5, 5.41) is 13.6. The number of aromatic amines is 1. The number of nitrogens with zero attached hydrogens (tertiary/aromatic N) is 2. The lowest BCUT2D eigenvalue weighted by molar-refractivity contribution is 0.239. The monoisotopic (exact) mass is 423 g/mol. The predicted octanol–water partition coefficient (Wildman–Crippen LogP) is 3.42. The molecular weight excluding hydrogens is 402 g/mol. The van der Waals surface area contributed by atoms with Gasteiger partial charge in [-0.1, -0.05) is 29.5 Å². The van der Waals surface area contributed by atoms with Gasteiger partial charge < -0.3 is 25.5 Å². The van der Waals surface area contributed by atoms with E-state index in [2.05, 4.69) is 21.4 Å². The van der Waals surface area contributed by atoms with Gasteiger partial charge in [0.05, 0.1) is 17.6 Å². The largest absolute Gasteiger partial charge is 0.491 e. The Morgan fingerprint density at radius 2 is 2.20 bits per heavy atom. The Bertz CT molecular complexity index is 1250. The second-order valence-electron chi connectivity index (χ2n) is 7.05. The van der Waals surface area contributed by atoms with Gasteiger partial charge in [0.2, 0.25) is 5.88 Å². The maximum absolute atomic E-state index is 13.1. The number of fused-ring (bicyclic) bond motifs is 3. The molecule has 1 aliphatic rings. The SMILES string of the molecule is CCNc1nc2[nH]c(=O)c3c(c2s1)OC(N)=C(C#N)C3c1ccccc1OC(C)C. The average molecular weight is 423 g/mol. The standard InChI is InChI=1S/C21H21N5O3S/c1-4-24-21-26-19-17(30-21)16-15(20(27)25-19)14(12(9-22)18(23)29-16)11-7-5-6-8-13(11)28-10(2)3/h5-8,10,14H,4,23H2,1-3H3,(H2,24,25,26,27). The van der Waals surface area contributed by atoms with Gasteiger partial charge in [-0.15, -0.1) is 0 Å². The van der Waals surface area contributed by atoms with Gasteiger partial charge in [0, 0.05) is 12.1 Å². The van der Waals surface area contributed by atoms with Crippen LogP contribution in [-0.2, 0) is 0 Å². The summed E-state index contributed by atoms with van der Waals surface area (Å²) >= 11 is 1.36. The molecule has 9 heteroatoms. The van der Waals surface area contributed by atoms with Crippen molar-refractivity contribution in [1.29, 1.82) is 5.26 Å². The lowest BCUT2D eigenvalue weighted by Crippen LogP contribution is -2.28. The molecule has 0 spiro atoms. The van der Waals surface area contributed by atoms with E-state index in [1.807, 2.05) is 45.0 Å². The molecule has 0 bridgehead atoms. The number of nitrogens with one attached hydrogen (secondary N) is 2. The molecule has 3 aromatic rings. The molecule has 1 aliphatic heterocycles. The second-order valence-corrected chi connectivity index (χ2v) is 8.05. The van der Waals surface area contributed by atoms with Crippen LogP contribution < -0.4 is 26.1 Å². The molecule has 4 rings (SSSR count). The lowest BCUT2D eigenvalue weighted by atomic mass is 9.83. The minimum atomic E-state index is -0.716. The summed E-state index contributed by atoms with van der Waals surface area (Å²) in [5.74, 6) is 0.172. The van der Waals surface area contributed by atoms with Gasteiger partial charge >= 0.3 is 0 Å². The van der Waals surface area contributed by atoms with E-state index in [9.17, 15) is 10.1 Å². The summed E-state index contributed by atoms with van der Waals surface area (Å²) in [5.41, 5.74) is 7.34. The number of thiazole rings is 1. The van der Waals surface area contributed by atoms with Gasteiger partial charge in [0.25, 0.3) is 5.56 Å². The molecule has 8 nitrogen and oxygen atoms in total. The number of ether oxygens (including phenoxy) is 2. The van der Waals surface area contributed by atoms with Crippen molar-refractivity contribution in [1.82, 2.24) is 9.97 Å². The first-order valence-electron chi connectivity index (χ1n) is 9.58. The molecule has 1 unspecified atom stereocenters. The molecule has 0 fully saturated rings. The van der Waals surface area contributed by atoms with E-state index in [4.69, 9.17) is 15.2 Å². The van der Waals surface area contributed by atoms with Crippen molar-refractivity contribution >= 4 is 26.8 Å². The first-order valence-corrected chi connectivity index (χ1v) is 10.4. The van der Waals surface area contributed by atoms with Crippen LogP contribution in [0.5, 0.6) is 11.5 Å². The van der Waals surface area contributed by atoms with Crippen molar-refractivity contribution in [3.8, 4) is 17.6 Å². The number of nitrogens with two attached hydrogens (primary N) is 1. The third kappa shape index (κ3) is 3.25. The minimum Gasteiger partial charge on any atom is -0.491 e. The molecule has 0 aliphatic carbocycles.